The zero-order chi connectivity index (χ0) is 19.9. The lowest BCUT2D eigenvalue weighted by Gasteiger charge is -2.31. The van der Waals surface area contributed by atoms with Gasteiger partial charge < -0.3 is 10.6 Å². The third-order valence-corrected chi connectivity index (χ3v) is 7.19. The minimum Gasteiger partial charge on any atom is -0.356 e. The Bertz CT molecular complexity index is 588. The van der Waals surface area contributed by atoms with E-state index in [0.717, 1.165) is 18.9 Å². The zero-order valence-electron chi connectivity index (χ0n) is 16.3. The summed E-state index contributed by atoms with van der Waals surface area (Å²) in [6, 6.07) is 0. The minimum absolute atomic E-state index is 0. The highest BCUT2D eigenvalue weighted by atomic mass is 127. The molecule has 0 spiro atoms. The normalized spacial score (nSPS) is 21.2. The number of rotatable bonds is 6. The molecule has 0 atom stereocenters. The van der Waals surface area contributed by atoms with Crippen LogP contribution in [-0.2, 0) is 10.0 Å². The quantitative estimate of drug-likeness (QED) is 0.308. The average molecular weight is 540 g/mol. The van der Waals surface area contributed by atoms with E-state index >= 15 is 0 Å². The van der Waals surface area contributed by atoms with Crippen molar-refractivity contribution in [2.24, 2.45) is 16.8 Å². The van der Waals surface area contributed by atoms with Gasteiger partial charge in [0.15, 0.2) is 5.96 Å². The van der Waals surface area contributed by atoms with E-state index in [0.29, 0.717) is 29.7 Å². The van der Waals surface area contributed by atoms with Crippen molar-refractivity contribution in [2.45, 2.75) is 56.9 Å². The van der Waals surface area contributed by atoms with Crippen LogP contribution in [0.15, 0.2) is 4.99 Å². The van der Waals surface area contributed by atoms with Crippen molar-refractivity contribution in [3.05, 3.63) is 0 Å². The molecule has 0 radical (unpaired) electrons. The van der Waals surface area contributed by atoms with Crippen molar-refractivity contribution in [3.8, 4) is 0 Å². The van der Waals surface area contributed by atoms with Crippen molar-refractivity contribution < 1.29 is 21.6 Å². The van der Waals surface area contributed by atoms with Gasteiger partial charge in [-0.2, -0.15) is 17.5 Å². The second-order valence-corrected chi connectivity index (χ2v) is 9.40. The molecule has 0 aromatic heterocycles. The van der Waals surface area contributed by atoms with E-state index in [2.05, 4.69) is 15.6 Å². The monoisotopic (exact) mass is 540 g/mol. The largest absolute Gasteiger partial charge is 0.511 e. The van der Waals surface area contributed by atoms with E-state index in [-0.39, 0.29) is 43.0 Å². The molecule has 0 amide bonds. The number of hydrogen-bond donors (Lipinski definition) is 2. The first kappa shape index (κ1) is 25.7. The Balaban J connectivity index is 0.00000392. The number of sulfonamides is 1. The molecule has 1 saturated heterocycles. The molecule has 2 N–H and O–H groups in total. The first-order valence-corrected chi connectivity index (χ1v) is 11.2. The second kappa shape index (κ2) is 11.8. The van der Waals surface area contributed by atoms with Gasteiger partial charge in [0.25, 0.3) is 0 Å². The number of aliphatic imine (C=N–C) groups is 1. The summed E-state index contributed by atoms with van der Waals surface area (Å²) in [5.74, 6) is 1.60. The highest BCUT2D eigenvalue weighted by Crippen LogP contribution is 2.30. The molecule has 1 heterocycles. The first-order valence-electron chi connectivity index (χ1n) is 9.75. The predicted molar refractivity (Wildman–Crippen MR) is 115 cm³/mol. The maximum Gasteiger partial charge on any atom is 0.511 e. The molecule has 0 aromatic carbocycles. The molecule has 2 rings (SSSR count). The van der Waals surface area contributed by atoms with Crippen molar-refractivity contribution in [1.82, 2.24) is 14.9 Å². The molecular formula is C17H32F3IN4O2S. The van der Waals surface area contributed by atoms with E-state index in [1.54, 1.807) is 7.05 Å². The molecule has 1 aliphatic carbocycles. The van der Waals surface area contributed by atoms with Crippen LogP contribution in [0.1, 0.15) is 51.4 Å². The SMILES string of the molecule is CN=C(NCCC1CCCCC1)NCC1CCN(S(=O)(=O)C(F)(F)F)CC1.I. The van der Waals surface area contributed by atoms with Crippen molar-refractivity contribution >= 4 is 40.0 Å². The number of hydrogen-bond acceptors (Lipinski definition) is 3. The lowest BCUT2D eigenvalue weighted by Crippen LogP contribution is -2.47. The highest BCUT2D eigenvalue weighted by Gasteiger charge is 2.50. The Kier molecular flexibility index (Phi) is 10.8. The van der Waals surface area contributed by atoms with Gasteiger partial charge in [-0.25, -0.2) is 8.42 Å². The topological polar surface area (TPSA) is 73.8 Å². The molecule has 11 heteroatoms. The Morgan fingerprint density at radius 3 is 2.18 bits per heavy atom. The van der Waals surface area contributed by atoms with E-state index in [9.17, 15) is 21.6 Å². The molecule has 0 aromatic rings. The van der Waals surface area contributed by atoms with Crippen LogP contribution < -0.4 is 10.6 Å². The summed E-state index contributed by atoms with van der Waals surface area (Å²) in [7, 11) is -3.52. The maximum absolute atomic E-state index is 12.6. The van der Waals surface area contributed by atoms with E-state index in [1.807, 2.05) is 0 Å². The summed E-state index contributed by atoms with van der Waals surface area (Å²) in [6.07, 6.45) is 8.51. The summed E-state index contributed by atoms with van der Waals surface area (Å²) < 4.78 is 61.2. The van der Waals surface area contributed by atoms with Gasteiger partial charge in [0.1, 0.15) is 0 Å². The summed E-state index contributed by atoms with van der Waals surface area (Å²) >= 11 is 0. The van der Waals surface area contributed by atoms with E-state index < -0.39 is 15.5 Å². The van der Waals surface area contributed by atoms with Gasteiger partial charge in [0.05, 0.1) is 0 Å². The van der Waals surface area contributed by atoms with Gasteiger partial charge in [-0.05, 0) is 31.1 Å². The summed E-state index contributed by atoms with van der Waals surface area (Å²) in [6.45, 7) is 1.24. The Morgan fingerprint density at radius 2 is 1.64 bits per heavy atom. The molecule has 0 unspecified atom stereocenters. The molecule has 2 fully saturated rings. The molecule has 1 saturated carbocycles. The molecule has 28 heavy (non-hydrogen) atoms. The third kappa shape index (κ3) is 7.51. The van der Waals surface area contributed by atoms with Gasteiger partial charge in [-0.3, -0.25) is 4.99 Å². The average Bonchev–Trinajstić information content (AvgIpc) is 2.65. The smallest absolute Gasteiger partial charge is 0.356 e. The van der Waals surface area contributed by atoms with Gasteiger partial charge in [-0.1, -0.05) is 32.1 Å². The van der Waals surface area contributed by atoms with E-state index in [1.165, 1.54) is 32.1 Å². The van der Waals surface area contributed by atoms with Crippen LogP contribution in [0.2, 0.25) is 0 Å². The van der Waals surface area contributed by atoms with Gasteiger partial charge >= 0.3 is 15.5 Å². The zero-order valence-corrected chi connectivity index (χ0v) is 19.4. The standard InChI is InChI=1S/C17H31F3N4O2S.HI/c1-21-16(22-10-7-14-5-3-2-4-6-14)23-13-15-8-11-24(12-9-15)27(25,26)17(18,19)20;/h14-15H,2-13H2,1H3,(H2,21,22,23);1H. The second-order valence-electron chi connectivity index (χ2n) is 7.47. The lowest BCUT2D eigenvalue weighted by molar-refractivity contribution is -0.0496. The van der Waals surface area contributed by atoms with Crippen molar-refractivity contribution in [3.63, 3.8) is 0 Å². The van der Waals surface area contributed by atoms with Crippen LogP contribution in [0.3, 0.4) is 0 Å². The van der Waals surface area contributed by atoms with Crippen LogP contribution in [0.4, 0.5) is 13.2 Å². The fraction of sp³-hybridized carbons (Fsp3) is 0.941. The van der Waals surface area contributed by atoms with E-state index in [4.69, 9.17) is 0 Å². The Hall–Kier alpha value is -0.300. The lowest BCUT2D eigenvalue weighted by atomic mass is 9.87. The fourth-order valence-electron chi connectivity index (χ4n) is 3.83. The molecular weight excluding hydrogens is 508 g/mol. The number of piperidine rings is 1. The molecule has 6 nitrogen and oxygen atoms in total. The Morgan fingerprint density at radius 1 is 1.04 bits per heavy atom. The number of nitrogens with zero attached hydrogens (tertiary/aromatic N) is 2. The summed E-state index contributed by atoms with van der Waals surface area (Å²) in [5, 5.41) is 6.50. The summed E-state index contributed by atoms with van der Waals surface area (Å²) in [5.41, 5.74) is -5.22. The predicted octanol–water partition coefficient (Wildman–Crippen LogP) is 3.30. The fourth-order valence-corrected chi connectivity index (χ4v) is 4.82. The molecule has 1 aliphatic heterocycles. The number of guanidine groups is 1. The van der Waals surface area contributed by atoms with Crippen LogP contribution in [0.5, 0.6) is 0 Å². The van der Waals surface area contributed by atoms with Crippen LogP contribution in [0, 0.1) is 11.8 Å². The van der Waals surface area contributed by atoms with Crippen molar-refractivity contribution in [1.29, 1.82) is 0 Å². The summed E-state index contributed by atoms with van der Waals surface area (Å²) in [4.78, 5) is 4.18. The van der Waals surface area contributed by atoms with Gasteiger partial charge in [-0.15, -0.1) is 24.0 Å². The minimum atomic E-state index is -5.22. The molecule has 2 aliphatic rings. The third-order valence-electron chi connectivity index (χ3n) is 5.56. The number of halogens is 4. The van der Waals surface area contributed by atoms with Crippen LogP contribution in [0.25, 0.3) is 0 Å². The number of nitrogens with one attached hydrogen (secondary N) is 2. The molecule has 0 bridgehead atoms. The number of alkyl halides is 3. The first-order chi connectivity index (χ1) is 12.7. The van der Waals surface area contributed by atoms with Crippen LogP contribution in [-0.4, -0.2) is 57.4 Å². The van der Waals surface area contributed by atoms with Gasteiger partial charge in [0, 0.05) is 33.2 Å². The van der Waals surface area contributed by atoms with Crippen molar-refractivity contribution in [2.75, 3.05) is 33.2 Å². The maximum atomic E-state index is 12.6. The Labute approximate surface area is 183 Å². The molecule has 166 valence electrons. The highest BCUT2D eigenvalue weighted by molar-refractivity contribution is 14.0. The van der Waals surface area contributed by atoms with Crippen LogP contribution >= 0.6 is 24.0 Å². The van der Waals surface area contributed by atoms with Gasteiger partial charge in [0.2, 0.25) is 0 Å².